The molecule has 0 aliphatic heterocycles. The molecule has 0 amide bonds. The molecule has 0 fully saturated rings. The van der Waals surface area contributed by atoms with Gasteiger partial charge in [0.05, 0.1) is 7.11 Å². The first-order valence-corrected chi connectivity index (χ1v) is 5.88. The third-order valence-electron chi connectivity index (χ3n) is 2.87. The number of rotatable bonds is 2. The zero-order chi connectivity index (χ0) is 14.1. The maximum absolute atomic E-state index is 12.9. The summed E-state index contributed by atoms with van der Waals surface area (Å²) in [5.74, 6) is -0.386. The standard InChI is InChI=1S/C14H10FN3O2/c1-20-14(19)11-3-2-8-18-13(11)16-12(17-18)9-4-6-10(15)7-5-9/h2-8H,1H3. The van der Waals surface area contributed by atoms with Crippen molar-refractivity contribution in [3.63, 3.8) is 0 Å². The van der Waals surface area contributed by atoms with Gasteiger partial charge in [0.1, 0.15) is 11.4 Å². The molecule has 3 aromatic rings. The first-order valence-electron chi connectivity index (χ1n) is 5.88. The molecular formula is C14H10FN3O2. The van der Waals surface area contributed by atoms with Crippen LogP contribution in [0.3, 0.4) is 0 Å². The van der Waals surface area contributed by atoms with Crippen molar-refractivity contribution >= 4 is 11.6 Å². The van der Waals surface area contributed by atoms with E-state index in [4.69, 9.17) is 4.74 Å². The number of aromatic nitrogens is 3. The maximum Gasteiger partial charge on any atom is 0.341 e. The van der Waals surface area contributed by atoms with Crippen LogP contribution in [0.2, 0.25) is 0 Å². The topological polar surface area (TPSA) is 56.5 Å². The number of hydrogen-bond donors (Lipinski definition) is 0. The normalized spacial score (nSPS) is 10.7. The van der Waals surface area contributed by atoms with Gasteiger partial charge in [-0.1, -0.05) is 0 Å². The Hall–Kier alpha value is -2.76. The van der Waals surface area contributed by atoms with Crippen LogP contribution in [0.5, 0.6) is 0 Å². The molecule has 0 saturated carbocycles. The maximum atomic E-state index is 12.9. The highest BCUT2D eigenvalue weighted by Crippen LogP contribution is 2.18. The summed E-state index contributed by atoms with van der Waals surface area (Å²) in [6.07, 6.45) is 1.68. The Labute approximate surface area is 113 Å². The first-order chi connectivity index (χ1) is 9.69. The minimum absolute atomic E-state index is 0.326. The highest BCUT2D eigenvalue weighted by atomic mass is 19.1. The predicted molar refractivity (Wildman–Crippen MR) is 69.7 cm³/mol. The molecule has 0 unspecified atom stereocenters. The van der Waals surface area contributed by atoms with Gasteiger partial charge in [0.15, 0.2) is 11.5 Å². The minimum atomic E-state index is -0.478. The number of carbonyl (C=O) groups excluding carboxylic acids is 1. The summed E-state index contributed by atoms with van der Waals surface area (Å²) in [6, 6.07) is 9.14. The number of esters is 1. The van der Waals surface area contributed by atoms with E-state index in [9.17, 15) is 9.18 Å². The molecule has 0 aliphatic rings. The third kappa shape index (κ3) is 2.01. The lowest BCUT2D eigenvalue weighted by molar-refractivity contribution is 0.0602. The molecule has 1 aromatic carbocycles. The second kappa shape index (κ2) is 4.73. The van der Waals surface area contributed by atoms with E-state index in [1.807, 2.05) is 0 Å². The summed E-state index contributed by atoms with van der Waals surface area (Å²) >= 11 is 0. The molecular weight excluding hydrogens is 261 g/mol. The monoisotopic (exact) mass is 271 g/mol. The van der Waals surface area contributed by atoms with E-state index in [1.165, 1.54) is 23.8 Å². The van der Waals surface area contributed by atoms with E-state index < -0.39 is 5.97 Å². The van der Waals surface area contributed by atoms with E-state index in [1.54, 1.807) is 30.5 Å². The average molecular weight is 271 g/mol. The van der Waals surface area contributed by atoms with Crippen molar-refractivity contribution in [3.8, 4) is 11.4 Å². The summed E-state index contributed by atoms with van der Waals surface area (Å²) < 4.78 is 19.1. The van der Waals surface area contributed by atoms with Gasteiger partial charge in [0, 0.05) is 11.8 Å². The molecule has 0 bridgehead atoms. The summed E-state index contributed by atoms with van der Waals surface area (Å²) in [6.45, 7) is 0. The molecule has 0 aliphatic carbocycles. The van der Waals surface area contributed by atoms with Gasteiger partial charge in [-0.3, -0.25) is 0 Å². The first kappa shape index (κ1) is 12.3. The molecule has 100 valence electrons. The van der Waals surface area contributed by atoms with Crippen molar-refractivity contribution in [1.29, 1.82) is 0 Å². The van der Waals surface area contributed by atoms with Crippen molar-refractivity contribution in [2.24, 2.45) is 0 Å². The lowest BCUT2D eigenvalue weighted by Gasteiger charge is -1.99. The fraction of sp³-hybridized carbons (Fsp3) is 0.0714. The highest BCUT2D eigenvalue weighted by Gasteiger charge is 2.15. The Balaban J connectivity index is 2.15. The van der Waals surface area contributed by atoms with Gasteiger partial charge in [0.2, 0.25) is 0 Å². The predicted octanol–water partition coefficient (Wildman–Crippen LogP) is 2.32. The van der Waals surface area contributed by atoms with Crippen molar-refractivity contribution in [3.05, 3.63) is 54.0 Å². The molecule has 0 N–H and O–H groups in total. The van der Waals surface area contributed by atoms with Gasteiger partial charge in [-0.2, -0.15) is 0 Å². The molecule has 3 rings (SSSR count). The third-order valence-corrected chi connectivity index (χ3v) is 2.87. The quantitative estimate of drug-likeness (QED) is 0.671. The van der Waals surface area contributed by atoms with E-state index >= 15 is 0 Å². The second-order valence-corrected chi connectivity index (χ2v) is 4.12. The van der Waals surface area contributed by atoms with Gasteiger partial charge >= 0.3 is 5.97 Å². The molecule has 20 heavy (non-hydrogen) atoms. The SMILES string of the molecule is COC(=O)c1cccn2nc(-c3ccc(F)cc3)nc12. The van der Waals surface area contributed by atoms with Crippen molar-refractivity contribution < 1.29 is 13.9 Å². The van der Waals surface area contributed by atoms with Gasteiger partial charge in [-0.15, -0.1) is 5.10 Å². The van der Waals surface area contributed by atoms with E-state index in [2.05, 4.69) is 10.1 Å². The van der Waals surface area contributed by atoms with Crippen LogP contribution in [-0.2, 0) is 4.74 Å². The van der Waals surface area contributed by atoms with E-state index in [-0.39, 0.29) is 5.82 Å². The number of carbonyl (C=O) groups is 1. The lowest BCUT2D eigenvalue weighted by Crippen LogP contribution is -2.04. The number of nitrogens with zero attached hydrogens (tertiary/aromatic N) is 3. The highest BCUT2D eigenvalue weighted by molar-refractivity contribution is 5.95. The largest absolute Gasteiger partial charge is 0.465 e. The van der Waals surface area contributed by atoms with Crippen LogP contribution in [0.1, 0.15) is 10.4 Å². The van der Waals surface area contributed by atoms with Crippen molar-refractivity contribution in [2.75, 3.05) is 7.11 Å². The van der Waals surface area contributed by atoms with Gasteiger partial charge in [-0.05, 0) is 36.4 Å². The van der Waals surface area contributed by atoms with Gasteiger partial charge < -0.3 is 4.74 Å². The molecule has 0 radical (unpaired) electrons. The Kier molecular flexibility index (Phi) is 2.90. The van der Waals surface area contributed by atoms with Crippen LogP contribution >= 0.6 is 0 Å². The van der Waals surface area contributed by atoms with Crippen LogP contribution in [-0.4, -0.2) is 27.7 Å². The molecule has 0 spiro atoms. The van der Waals surface area contributed by atoms with Crippen molar-refractivity contribution in [2.45, 2.75) is 0 Å². The Morgan fingerprint density at radius 1 is 1.25 bits per heavy atom. The minimum Gasteiger partial charge on any atom is -0.465 e. The van der Waals surface area contributed by atoms with Gasteiger partial charge in [0.25, 0.3) is 0 Å². The fourth-order valence-corrected chi connectivity index (χ4v) is 1.90. The molecule has 2 heterocycles. The smallest absolute Gasteiger partial charge is 0.341 e. The van der Waals surface area contributed by atoms with Crippen LogP contribution in [0.4, 0.5) is 4.39 Å². The van der Waals surface area contributed by atoms with Gasteiger partial charge in [-0.25, -0.2) is 18.7 Å². The second-order valence-electron chi connectivity index (χ2n) is 4.12. The molecule has 0 atom stereocenters. The summed E-state index contributed by atoms with van der Waals surface area (Å²) in [5, 5.41) is 4.27. The lowest BCUT2D eigenvalue weighted by atomic mass is 10.2. The number of halogens is 1. The number of ether oxygens (including phenoxy) is 1. The molecule has 6 heteroatoms. The van der Waals surface area contributed by atoms with E-state index in [0.717, 1.165) is 0 Å². The van der Waals surface area contributed by atoms with Crippen LogP contribution in [0.15, 0.2) is 42.6 Å². The number of methoxy groups -OCH3 is 1. The molecule has 0 saturated heterocycles. The summed E-state index contributed by atoms with van der Waals surface area (Å²) in [7, 11) is 1.31. The molecule has 5 nitrogen and oxygen atoms in total. The number of benzene rings is 1. The van der Waals surface area contributed by atoms with Crippen LogP contribution < -0.4 is 0 Å². The Bertz CT molecular complexity index is 781. The Morgan fingerprint density at radius 2 is 2.00 bits per heavy atom. The Morgan fingerprint density at radius 3 is 2.70 bits per heavy atom. The fourth-order valence-electron chi connectivity index (χ4n) is 1.90. The average Bonchev–Trinajstić information content (AvgIpc) is 2.91. The van der Waals surface area contributed by atoms with Crippen LogP contribution in [0.25, 0.3) is 17.0 Å². The number of hydrogen-bond acceptors (Lipinski definition) is 4. The number of fused-ring (bicyclic) bond motifs is 1. The number of pyridine rings is 1. The molecule has 2 aromatic heterocycles. The van der Waals surface area contributed by atoms with Crippen LogP contribution in [0, 0.1) is 5.82 Å². The zero-order valence-corrected chi connectivity index (χ0v) is 10.6. The van der Waals surface area contributed by atoms with E-state index in [0.29, 0.717) is 22.6 Å². The zero-order valence-electron chi connectivity index (χ0n) is 10.6. The summed E-state index contributed by atoms with van der Waals surface area (Å²) in [4.78, 5) is 16.0. The van der Waals surface area contributed by atoms with Crippen molar-refractivity contribution in [1.82, 2.24) is 14.6 Å². The summed E-state index contributed by atoms with van der Waals surface area (Å²) in [5.41, 5.74) is 1.40.